The average Bonchev–Trinajstić information content (AvgIpc) is 3.17. The first-order valence-electron chi connectivity index (χ1n) is 8.95. The number of carboxylic acids is 1. The van der Waals surface area contributed by atoms with Crippen LogP contribution in [0.5, 0.6) is 0 Å². The zero-order chi connectivity index (χ0) is 18.1. The van der Waals surface area contributed by atoms with E-state index in [0.717, 1.165) is 13.1 Å². The van der Waals surface area contributed by atoms with E-state index < -0.39 is 5.97 Å². The van der Waals surface area contributed by atoms with Gasteiger partial charge in [0.2, 0.25) is 0 Å². The van der Waals surface area contributed by atoms with Crippen molar-refractivity contribution in [1.29, 1.82) is 0 Å². The first-order chi connectivity index (χ1) is 11.9. The van der Waals surface area contributed by atoms with Crippen molar-refractivity contribution in [1.82, 2.24) is 19.0 Å². The number of fused-ring (bicyclic) bond motifs is 1. The molecular formula is C18H26N4O3. The monoisotopic (exact) mass is 346 g/mol. The third-order valence-corrected chi connectivity index (χ3v) is 4.86. The molecule has 1 unspecified atom stereocenters. The van der Waals surface area contributed by atoms with Crippen LogP contribution < -0.4 is 5.69 Å². The van der Waals surface area contributed by atoms with Gasteiger partial charge in [-0.3, -0.25) is 14.0 Å². The number of aromatic carboxylic acids is 1. The second-order valence-corrected chi connectivity index (χ2v) is 7.36. The van der Waals surface area contributed by atoms with Gasteiger partial charge in [-0.15, -0.1) is 0 Å². The van der Waals surface area contributed by atoms with Crippen LogP contribution >= 0.6 is 0 Å². The number of nitrogens with zero attached hydrogens (tertiary/aromatic N) is 4. The summed E-state index contributed by atoms with van der Waals surface area (Å²) in [5.41, 5.74) is 1.18. The van der Waals surface area contributed by atoms with Gasteiger partial charge in [0.15, 0.2) is 5.65 Å². The molecule has 0 saturated carbocycles. The molecule has 1 N–H and O–H groups in total. The minimum atomic E-state index is -1.03. The van der Waals surface area contributed by atoms with Gasteiger partial charge < -0.3 is 5.11 Å². The third-order valence-electron chi connectivity index (χ3n) is 4.86. The van der Waals surface area contributed by atoms with Crippen LogP contribution in [0.15, 0.2) is 17.1 Å². The fourth-order valence-electron chi connectivity index (χ4n) is 3.58. The average molecular weight is 346 g/mol. The highest BCUT2D eigenvalue weighted by molar-refractivity contribution is 5.90. The van der Waals surface area contributed by atoms with E-state index in [9.17, 15) is 14.7 Å². The van der Waals surface area contributed by atoms with Crippen LogP contribution in [0.1, 0.15) is 44.0 Å². The lowest BCUT2D eigenvalue weighted by Gasteiger charge is -2.23. The SMILES string of the molecule is CC(C)Cn1c(=O)n(CC(C)N2CCCC2)c2cc(C(=O)O)cnc21. The number of aromatic nitrogens is 3. The summed E-state index contributed by atoms with van der Waals surface area (Å²) in [5.74, 6) is -0.730. The Bertz CT molecular complexity index is 831. The van der Waals surface area contributed by atoms with Crippen molar-refractivity contribution in [3.8, 4) is 0 Å². The molecule has 136 valence electrons. The van der Waals surface area contributed by atoms with Crippen molar-refractivity contribution in [2.24, 2.45) is 5.92 Å². The molecule has 0 aliphatic carbocycles. The molecule has 0 spiro atoms. The predicted octanol–water partition coefficient (Wildman–Crippen LogP) is 2.04. The van der Waals surface area contributed by atoms with Crippen LogP contribution in [0, 0.1) is 5.92 Å². The number of imidazole rings is 1. The normalized spacial score (nSPS) is 16.8. The lowest BCUT2D eigenvalue weighted by atomic mass is 10.2. The number of carbonyl (C=O) groups is 1. The second kappa shape index (κ2) is 7.00. The molecule has 0 bridgehead atoms. The number of likely N-dealkylation sites (tertiary alicyclic amines) is 1. The molecule has 0 radical (unpaired) electrons. The molecule has 7 nitrogen and oxygen atoms in total. The Balaban J connectivity index is 2.07. The molecule has 1 aliphatic heterocycles. The Hall–Kier alpha value is -2.15. The number of pyridine rings is 1. The molecule has 7 heteroatoms. The molecule has 25 heavy (non-hydrogen) atoms. The molecule has 3 heterocycles. The van der Waals surface area contributed by atoms with Crippen molar-refractivity contribution in [2.75, 3.05) is 13.1 Å². The molecule has 0 aromatic carbocycles. The highest BCUT2D eigenvalue weighted by Crippen LogP contribution is 2.18. The van der Waals surface area contributed by atoms with E-state index in [1.54, 1.807) is 15.2 Å². The van der Waals surface area contributed by atoms with Gasteiger partial charge >= 0.3 is 11.7 Å². The highest BCUT2D eigenvalue weighted by atomic mass is 16.4. The van der Waals surface area contributed by atoms with E-state index >= 15 is 0 Å². The number of rotatable bonds is 6. The Kier molecular flexibility index (Phi) is 4.94. The van der Waals surface area contributed by atoms with Gasteiger partial charge in [-0.1, -0.05) is 13.8 Å². The topological polar surface area (TPSA) is 80.4 Å². The van der Waals surface area contributed by atoms with Crippen LogP contribution in [0.3, 0.4) is 0 Å². The lowest BCUT2D eigenvalue weighted by molar-refractivity contribution is 0.0696. The van der Waals surface area contributed by atoms with Gasteiger partial charge in [-0.25, -0.2) is 14.6 Å². The Morgan fingerprint density at radius 2 is 1.88 bits per heavy atom. The molecule has 1 aliphatic rings. The van der Waals surface area contributed by atoms with E-state index in [2.05, 4.69) is 16.8 Å². The van der Waals surface area contributed by atoms with E-state index in [1.165, 1.54) is 19.0 Å². The molecule has 1 fully saturated rings. The smallest absolute Gasteiger partial charge is 0.337 e. The highest BCUT2D eigenvalue weighted by Gasteiger charge is 2.22. The summed E-state index contributed by atoms with van der Waals surface area (Å²) in [6.45, 7) is 9.45. The number of hydrogen-bond acceptors (Lipinski definition) is 4. The first-order valence-corrected chi connectivity index (χ1v) is 8.95. The Morgan fingerprint density at radius 3 is 2.48 bits per heavy atom. The molecule has 1 saturated heterocycles. The van der Waals surface area contributed by atoms with Crippen LogP contribution in [0.2, 0.25) is 0 Å². The van der Waals surface area contributed by atoms with Crippen molar-refractivity contribution >= 4 is 17.1 Å². The van der Waals surface area contributed by atoms with Crippen LogP contribution in [-0.4, -0.2) is 49.2 Å². The zero-order valence-corrected chi connectivity index (χ0v) is 15.1. The minimum absolute atomic E-state index is 0.107. The summed E-state index contributed by atoms with van der Waals surface area (Å²) in [6, 6.07) is 1.80. The van der Waals surface area contributed by atoms with Crippen molar-refractivity contribution in [3.05, 3.63) is 28.3 Å². The molecular weight excluding hydrogens is 320 g/mol. The van der Waals surface area contributed by atoms with Crippen LogP contribution in [-0.2, 0) is 13.1 Å². The first kappa shape index (κ1) is 17.7. The number of carboxylic acid groups (broad SMARTS) is 1. The maximum atomic E-state index is 13.0. The number of hydrogen-bond donors (Lipinski definition) is 1. The predicted molar refractivity (Wildman–Crippen MR) is 96.1 cm³/mol. The Morgan fingerprint density at radius 1 is 1.20 bits per heavy atom. The summed E-state index contributed by atoms with van der Waals surface area (Å²) < 4.78 is 3.36. The van der Waals surface area contributed by atoms with Gasteiger partial charge in [-0.05, 0) is 44.8 Å². The fourth-order valence-corrected chi connectivity index (χ4v) is 3.58. The van der Waals surface area contributed by atoms with Crippen molar-refractivity contribution in [2.45, 2.75) is 52.7 Å². The lowest BCUT2D eigenvalue weighted by Crippen LogP contribution is -2.37. The molecule has 1 atom stereocenters. The van der Waals surface area contributed by atoms with Gasteiger partial charge in [0.1, 0.15) is 0 Å². The standard InChI is InChI=1S/C18H26N4O3/c1-12(2)10-22-16-15(8-14(9-19-16)17(23)24)21(18(22)25)11-13(3)20-6-4-5-7-20/h8-9,12-13H,4-7,10-11H2,1-3H3,(H,23,24). The zero-order valence-electron chi connectivity index (χ0n) is 15.1. The molecule has 3 rings (SSSR count). The van der Waals surface area contributed by atoms with Crippen molar-refractivity contribution in [3.63, 3.8) is 0 Å². The van der Waals surface area contributed by atoms with Gasteiger partial charge in [0.05, 0.1) is 11.1 Å². The van der Waals surface area contributed by atoms with E-state index in [4.69, 9.17) is 0 Å². The molecule has 2 aromatic rings. The summed E-state index contributed by atoms with van der Waals surface area (Å²) >= 11 is 0. The van der Waals surface area contributed by atoms with Gasteiger partial charge in [0, 0.05) is 25.3 Å². The van der Waals surface area contributed by atoms with E-state index in [1.807, 2.05) is 13.8 Å². The quantitative estimate of drug-likeness (QED) is 0.866. The van der Waals surface area contributed by atoms with Gasteiger partial charge in [-0.2, -0.15) is 0 Å². The fraction of sp³-hybridized carbons (Fsp3) is 0.611. The minimum Gasteiger partial charge on any atom is -0.478 e. The third kappa shape index (κ3) is 3.46. The largest absolute Gasteiger partial charge is 0.478 e. The van der Waals surface area contributed by atoms with Crippen molar-refractivity contribution < 1.29 is 9.90 Å². The summed E-state index contributed by atoms with van der Waals surface area (Å²) in [6.07, 6.45) is 3.72. The van der Waals surface area contributed by atoms with Crippen LogP contribution in [0.25, 0.3) is 11.2 Å². The van der Waals surface area contributed by atoms with E-state index in [0.29, 0.717) is 30.2 Å². The van der Waals surface area contributed by atoms with Crippen LogP contribution in [0.4, 0.5) is 0 Å². The summed E-state index contributed by atoms with van der Waals surface area (Å²) in [4.78, 5) is 31.0. The van der Waals surface area contributed by atoms with E-state index in [-0.39, 0.29) is 17.3 Å². The second-order valence-electron chi connectivity index (χ2n) is 7.36. The maximum absolute atomic E-state index is 13.0. The summed E-state index contributed by atoms with van der Waals surface area (Å²) in [5, 5.41) is 9.27. The maximum Gasteiger partial charge on any atom is 0.337 e. The summed E-state index contributed by atoms with van der Waals surface area (Å²) in [7, 11) is 0. The Labute approximate surface area is 146 Å². The molecule has 2 aromatic heterocycles. The van der Waals surface area contributed by atoms with Gasteiger partial charge in [0.25, 0.3) is 0 Å². The molecule has 0 amide bonds.